The molecular formula is C17H14FN3O2. The molecule has 0 aliphatic rings. The van der Waals surface area contributed by atoms with Crippen molar-refractivity contribution in [2.75, 3.05) is 5.32 Å². The fraction of sp³-hybridized carbons (Fsp3) is 0.118. The lowest BCUT2D eigenvalue weighted by Gasteiger charge is -2.00. The number of aryl methyl sites for hydroxylation is 1. The van der Waals surface area contributed by atoms with Gasteiger partial charge in [-0.2, -0.15) is 0 Å². The minimum Gasteiger partial charge on any atom is -0.407 e. The Bertz CT molecular complexity index is 828. The Morgan fingerprint density at radius 1 is 1.17 bits per heavy atom. The zero-order valence-electron chi connectivity index (χ0n) is 12.4. The molecule has 0 saturated heterocycles. The van der Waals surface area contributed by atoms with E-state index in [9.17, 15) is 9.18 Å². The standard InChI is InChI=1S/C17H14FN3O2/c1-11-5-7-12(8-6-11)9-15-20-21-17(23-15)19-16(22)13-3-2-4-14(18)10-13/h2-8,10H,9H2,1H3,(H,19,21,22). The number of nitrogens with zero attached hydrogens (tertiary/aromatic N) is 2. The number of hydrogen-bond donors (Lipinski definition) is 1. The molecule has 5 nitrogen and oxygen atoms in total. The minimum absolute atomic E-state index is 0.0126. The highest BCUT2D eigenvalue weighted by Crippen LogP contribution is 2.13. The number of amides is 1. The van der Waals surface area contributed by atoms with E-state index in [0.29, 0.717) is 12.3 Å². The van der Waals surface area contributed by atoms with Gasteiger partial charge in [-0.25, -0.2) is 4.39 Å². The molecular weight excluding hydrogens is 297 g/mol. The number of hydrogen-bond acceptors (Lipinski definition) is 4. The second kappa shape index (κ2) is 6.39. The van der Waals surface area contributed by atoms with Gasteiger partial charge in [-0.1, -0.05) is 41.0 Å². The number of aromatic nitrogens is 2. The Kier molecular flexibility index (Phi) is 4.14. The van der Waals surface area contributed by atoms with E-state index in [0.717, 1.165) is 11.6 Å². The number of halogens is 1. The molecule has 0 bridgehead atoms. The van der Waals surface area contributed by atoms with Crippen LogP contribution in [0.5, 0.6) is 0 Å². The SMILES string of the molecule is Cc1ccc(Cc2nnc(NC(=O)c3cccc(F)c3)o2)cc1. The Balaban J connectivity index is 1.67. The predicted octanol–water partition coefficient (Wildman–Crippen LogP) is 3.36. The fourth-order valence-corrected chi connectivity index (χ4v) is 2.06. The number of rotatable bonds is 4. The van der Waals surface area contributed by atoms with Crippen molar-refractivity contribution < 1.29 is 13.6 Å². The highest BCUT2D eigenvalue weighted by Gasteiger charge is 2.12. The first-order valence-electron chi connectivity index (χ1n) is 7.05. The summed E-state index contributed by atoms with van der Waals surface area (Å²) in [4.78, 5) is 12.0. The average molecular weight is 311 g/mol. The summed E-state index contributed by atoms with van der Waals surface area (Å²) in [5.74, 6) is -0.596. The first-order chi connectivity index (χ1) is 11.1. The predicted molar refractivity (Wildman–Crippen MR) is 82.6 cm³/mol. The summed E-state index contributed by atoms with van der Waals surface area (Å²) in [7, 11) is 0. The van der Waals surface area contributed by atoms with Crippen LogP contribution >= 0.6 is 0 Å². The molecule has 0 saturated carbocycles. The van der Waals surface area contributed by atoms with E-state index in [4.69, 9.17) is 4.42 Å². The largest absolute Gasteiger partial charge is 0.407 e. The van der Waals surface area contributed by atoms with E-state index in [1.165, 1.54) is 23.8 Å². The first kappa shape index (κ1) is 14.9. The van der Waals surface area contributed by atoms with Crippen LogP contribution in [0.15, 0.2) is 52.9 Å². The molecule has 1 aromatic heterocycles. The zero-order chi connectivity index (χ0) is 16.2. The van der Waals surface area contributed by atoms with Gasteiger partial charge < -0.3 is 4.42 Å². The maximum absolute atomic E-state index is 13.1. The van der Waals surface area contributed by atoms with Crippen molar-refractivity contribution in [2.45, 2.75) is 13.3 Å². The molecule has 3 aromatic rings. The smallest absolute Gasteiger partial charge is 0.322 e. The van der Waals surface area contributed by atoms with Crippen LogP contribution in [0, 0.1) is 12.7 Å². The molecule has 0 aliphatic heterocycles. The summed E-state index contributed by atoms with van der Waals surface area (Å²) < 4.78 is 18.5. The molecule has 3 rings (SSSR count). The summed E-state index contributed by atoms with van der Waals surface area (Å²) in [5.41, 5.74) is 2.38. The van der Waals surface area contributed by atoms with E-state index < -0.39 is 11.7 Å². The van der Waals surface area contributed by atoms with Crippen molar-refractivity contribution in [2.24, 2.45) is 0 Å². The van der Waals surface area contributed by atoms with Gasteiger partial charge in [0.25, 0.3) is 5.91 Å². The van der Waals surface area contributed by atoms with Crippen LogP contribution in [0.4, 0.5) is 10.4 Å². The monoisotopic (exact) mass is 311 g/mol. The Hall–Kier alpha value is -3.02. The van der Waals surface area contributed by atoms with Crippen LogP contribution in [0.25, 0.3) is 0 Å². The lowest BCUT2D eigenvalue weighted by Crippen LogP contribution is -2.12. The van der Waals surface area contributed by atoms with Crippen LogP contribution in [-0.2, 0) is 6.42 Å². The van der Waals surface area contributed by atoms with Gasteiger partial charge in [0.1, 0.15) is 5.82 Å². The number of carbonyl (C=O) groups is 1. The highest BCUT2D eigenvalue weighted by molar-refractivity contribution is 6.03. The average Bonchev–Trinajstić information content (AvgIpc) is 2.96. The molecule has 0 unspecified atom stereocenters. The van der Waals surface area contributed by atoms with Gasteiger partial charge >= 0.3 is 6.01 Å². The van der Waals surface area contributed by atoms with Crippen molar-refractivity contribution >= 4 is 11.9 Å². The van der Waals surface area contributed by atoms with E-state index in [1.807, 2.05) is 31.2 Å². The second-order valence-corrected chi connectivity index (χ2v) is 5.13. The molecule has 23 heavy (non-hydrogen) atoms. The van der Waals surface area contributed by atoms with E-state index in [-0.39, 0.29) is 11.6 Å². The number of anilines is 1. The van der Waals surface area contributed by atoms with Crippen molar-refractivity contribution in [1.82, 2.24) is 10.2 Å². The zero-order valence-corrected chi connectivity index (χ0v) is 12.4. The first-order valence-corrected chi connectivity index (χ1v) is 7.05. The molecule has 116 valence electrons. The van der Waals surface area contributed by atoms with E-state index in [2.05, 4.69) is 15.5 Å². The molecule has 0 spiro atoms. The third-order valence-electron chi connectivity index (χ3n) is 3.25. The lowest BCUT2D eigenvalue weighted by atomic mass is 10.1. The molecule has 0 fully saturated rings. The van der Waals surface area contributed by atoms with Gasteiger partial charge in [-0.05, 0) is 30.7 Å². The maximum Gasteiger partial charge on any atom is 0.322 e. The number of carbonyl (C=O) groups excluding carboxylic acids is 1. The van der Waals surface area contributed by atoms with Crippen LogP contribution in [-0.4, -0.2) is 16.1 Å². The van der Waals surface area contributed by atoms with E-state index in [1.54, 1.807) is 0 Å². The van der Waals surface area contributed by atoms with Crippen LogP contribution < -0.4 is 5.32 Å². The Morgan fingerprint density at radius 2 is 1.96 bits per heavy atom. The molecule has 1 N–H and O–H groups in total. The summed E-state index contributed by atoms with van der Waals surface area (Å²) in [6.45, 7) is 2.01. The molecule has 0 aliphatic carbocycles. The van der Waals surface area contributed by atoms with Gasteiger partial charge in [0, 0.05) is 5.56 Å². The summed E-state index contributed by atoms with van der Waals surface area (Å²) in [5, 5.41) is 10.1. The molecule has 0 atom stereocenters. The Labute approximate surface area is 132 Å². The van der Waals surface area contributed by atoms with E-state index >= 15 is 0 Å². The van der Waals surface area contributed by atoms with Gasteiger partial charge in [-0.15, -0.1) is 5.10 Å². The number of nitrogens with one attached hydrogen (secondary N) is 1. The lowest BCUT2D eigenvalue weighted by molar-refractivity contribution is 0.102. The van der Waals surface area contributed by atoms with Crippen molar-refractivity contribution in [3.05, 3.63) is 76.9 Å². The summed E-state index contributed by atoms with van der Waals surface area (Å²) in [6.07, 6.45) is 0.475. The molecule has 6 heteroatoms. The third-order valence-corrected chi connectivity index (χ3v) is 3.25. The van der Waals surface area contributed by atoms with Gasteiger partial charge in [0.15, 0.2) is 0 Å². The molecule has 0 radical (unpaired) electrons. The van der Waals surface area contributed by atoms with Gasteiger partial charge in [-0.3, -0.25) is 10.1 Å². The normalized spacial score (nSPS) is 10.5. The topological polar surface area (TPSA) is 68.0 Å². The van der Waals surface area contributed by atoms with Gasteiger partial charge in [0.2, 0.25) is 5.89 Å². The van der Waals surface area contributed by atoms with Crippen molar-refractivity contribution in [3.8, 4) is 0 Å². The molecule has 2 aromatic carbocycles. The van der Waals surface area contributed by atoms with Crippen molar-refractivity contribution in [3.63, 3.8) is 0 Å². The van der Waals surface area contributed by atoms with Gasteiger partial charge in [0.05, 0.1) is 6.42 Å². The Morgan fingerprint density at radius 3 is 2.70 bits per heavy atom. The minimum atomic E-state index is -0.505. The van der Waals surface area contributed by atoms with Crippen LogP contribution in [0.3, 0.4) is 0 Å². The maximum atomic E-state index is 13.1. The fourth-order valence-electron chi connectivity index (χ4n) is 2.06. The van der Waals surface area contributed by atoms with Crippen molar-refractivity contribution in [1.29, 1.82) is 0 Å². The van der Waals surface area contributed by atoms with Crippen LogP contribution in [0.1, 0.15) is 27.4 Å². The quantitative estimate of drug-likeness (QED) is 0.802. The number of benzene rings is 2. The van der Waals surface area contributed by atoms with Crippen LogP contribution in [0.2, 0.25) is 0 Å². The summed E-state index contributed by atoms with van der Waals surface area (Å²) >= 11 is 0. The second-order valence-electron chi connectivity index (χ2n) is 5.13. The third kappa shape index (κ3) is 3.79. The molecule has 1 heterocycles. The summed E-state index contributed by atoms with van der Waals surface area (Å²) in [6, 6.07) is 13.3. The molecule has 1 amide bonds. The highest BCUT2D eigenvalue weighted by atomic mass is 19.1.